The molecule has 1 aromatic carbocycles. The number of hydrogen-bond donors (Lipinski definition) is 2. The molecule has 1 amide bonds. The largest absolute Gasteiger partial charge is 0.492 e. The second-order valence-electron chi connectivity index (χ2n) is 7.60. The van der Waals surface area contributed by atoms with E-state index in [0.29, 0.717) is 30.4 Å². The lowest BCUT2D eigenvalue weighted by Crippen LogP contribution is -2.43. The Morgan fingerprint density at radius 1 is 1.28 bits per heavy atom. The second-order valence-corrected chi connectivity index (χ2v) is 7.60. The van der Waals surface area contributed by atoms with Crippen LogP contribution in [0.25, 0.3) is 0 Å². The molecule has 0 bridgehead atoms. The van der Waals surface area contributed by atoms with Crippen molar-refractivity contribution in [2.45, 2.75) is 38.7 Å². The van der Waals surface area contributed by atoms with Crippen molar-refractivity contribution < 1.29 is 14.6 Å². The molecule has 0 spiro atoms. The van der Waals surface area contributed by atoms with Crippen LogP contribution in [0.5, 0.6) is 5.75 Å². The molecule has 2 N–H and O–H groups in total. The lowest BCUT2D eigenvalue weighted by atomic mass is 9.99. The number of nitrogens with zero attached hydrogens (tertiary/aromatic N) is 1. The summed E-state index contributed by atoms with van der Waals surface area (Å²) in [5, 5.41) is 13.1. The van der Waals surface area contributed by atoms with Gasteiger partial charge in [-0.15, -0.1) is 0 Å². The van der Waals surface area contributed by atoms with Crippen molar-refractivity contribution >= 4 is 5.91 Å². The van der Waals surface area contributed by atoms with E-state index in [4.69, 9.17) is 4.74 Å². The van der Waals surface area contributed by atoms with E-state index >= 15 is 0 Å². The first kappa shape index (κ1) is 18.2. The Hall–Kier alpha value is -1.59. The zero-order chi connectivity index (χ0) is 17.6. The van der Waals surface area contributed by atoms with E-state index in [-0.39, 0.29) is 12.5 Å². The highest BCUT2D eigenvalue weighted by molar-refractivity contribution is 5.96. The highest BCUT2D eigenvalue weighted by Gasteiger charge is 2.23. The van der Waals surface area contributed by atoms with Gasteiger partial charge in [0.1, 0.15) is 5.75 Å². The minimum Gasteiger partial charge on any atom is -0.492 e. The summed E-state index contributed by atoms with van der Waals surface area (Å²) in [5.41, 5.74) is 0.544. The van der Waals surface area contributed by atoms with Crippen molar-refractivity contribution in [3.8, 4) is 5.75 Å². The average molecular weight is 346 g/mol. The van der Waals surface area contributed by atoms with Gasteiger partial charge < -0.3 is 20.1 Å². The highest BCUT2D eigenvalue weighted by Crippen LogP contribution is 2.30. The molecule has 2 aliphatic rings. The van der Waals surface area contributed by atoms with Crippen molar-refractivity contribution in [2.75, 3.05) is 32.8 Å². The Morgan fingerprint density at radius 2 is 2.00 bits per heavy atom. The van der Waals surface area contributed by atoms with E-state index in [1.54, 1.807) is 6.07 Å². The molecular weight excluding hydrogens is 316 g/mol. The van der Waals surface area contributed by atoms with Crippen LogP contribution in [0.15, 0.2) is 24.3 Å². The van der Waals surface area contributed by atoms with Gasteiger partial charge in [0.15, 0.2) is 0 Å². The number of aliphatic hydroxyl groups excluding tert-OH is 1. The van der Waals surface area contributed by atoms with Gasteiger partial charge in [-0.3, -0.25) is 4.79 Å². The highest BCUT2D eigenvalue weighted by atomic mass is 16.5. The predicted molar refractivity (Wildman–Crippen MR) is 97.8 cm³/mol. The number of aliphatic hydroxyl groups is 1. The zero-order valence-corrected chi connectivity index (χ0v) is 15.1. The summed E-state index contributed by atoms with van der Waals surface area (Å²) in [4.78, 5) is 14.7. The van der Waals surface area contributed by atoms with E-state index in [9.17, 15) is 9.90 Å². The van der Waals surface area contributed by atoms with Crippen LogP contribution in [-0.4, -0.2) is 54.8 Å². The number of benzene rings is 1. The second kappa shape index (κ2) is 8.68. The van der Waals surface area contributed by atoms with Crippen LogP contribution in [0.4, 0.5) is 0 Å². The van der Waals surface area contributed by atoms with E-state index < -0.39 is 6.10 Å². The molecule has 0 aromatic heterocycles. The fraction of sp³-hybridized carbons (Fsp3) is 0.650. The third kappa shape index (κ3) is 5.72. The van der Waals surface area contributed by atoms with Crippen LogP contribution in [0.1, 0.15) is 43.0 Å². The van der Waals surface area contributed by atoms with E-state index in [2.05, 4.69) is 17.1 Å². The van der Waals surface area contributed by atoms with E-state index in [0.717, 1.165) is 19.0 Å². The minimum absolute atomic E-state index is 0.183. The topological polar surface area (TPSA) is 61.8 Å². The maximum absolute atomic E-state index is 12.4. The number of para-hydroxylation sites is 1. The van der Waals surface area contributed by atoms with Gasteiger partial charge in [-0.2, -0.15) is 0 Å². The number of rotatable bonds is 8. The number of carbonyl (C=O) groups is 1. The molecule has 1 atom stereocenters. The van der Waals surface area contributed by atoms with Gasteiger partial charge in [0, 0.05) is 13.1 Å². The third-order valence-electron chi connectivity index (χ3n) is 5.15. The molecule has 1 saturated heterocycles. The molecule has 1 aromatic rings. The molecule has 5 heteroatoms. The van der Waals surface area contributed by atoms with Gasteiger partial charge in [0.2, 0.25) is 0 Å². The van der Waals surface area contributed by atoms with Crippen molar-refractivity contribution in [2.24, 2.45) is 11.8 Å². The molecule has 5 nitrogen and oxygen atoms in total. The van der Waals surface area contributed by atoms with Gasteiger partial charge in [-0.05, 0) is 62.7 Å². The lowest BCUT2D eigenvalue weighted by Gasteiger charge is -2.31. The van der Waals surface area contributed by atoms with Crippen molar-refractivity contribution in [1.29, 1.82) is 0 Å². The Balaban J connectivity index is 1.45. The average Bonchev–Trinajstić information content (AvgIpc) is 3.44. The van der Waals surface area contributed by atoms with Gasteiger partial charge >= 0.3 is 0 Å². The van der Waals surface area contributed by atoms with E-state index in [1.807, 2.05) is 18.2 Å². The van der Waals surface area contributed by atoms with Crippen molar-refractivity contribution in [3.63, 3.8) is 0 Å². The molecule has 1 saturated carbocycles. The van der Waals surface area contributed by atoms with Crippen LogP contribution in [0.3, 0.4) is 0 Å². The Kier molecular flexibility index (Phi) is 6.32. The molecule has 2 fully saturated rings. The lowest BCUT2D eigenvalue weighted by molar-refractivity contribution is 0.0793. The number of ether oxygens (including phenoxy) is 1. The predicted octanol–water partition coefficient (Wildman–Crippen LogP) is 2.30. The summed E-state index contributed by atoms with van der Waals surface area (Å²) in [5.74, 6) is 1.87. The summed E-state index contributed by atoms with van der Waals surface area (Å²) in [7, 11) is 0. The normalized spacial score (nSPS) is 20.2. The standard InChI is InChI=1S/C20H30N2O3/c1-15-8-10-22(11-9-15)13-17(23)12-21-20(24)18-4-2-3-5-19(18)25-14-16-6-7-16/h2-5,15-17,23H,6-14H2,1H3,(H,21,24). The molecule has 1 aliphatic carbocycles. The van der Waals surface area contributed by atoms with Gasteiger partial charge in [0.25, 0.3) is 5.91 Å². The molecule has 25 heavy (non-hydrogen) atoms. The quantitative estimate of drug-likeness (QED) is 0.758. The molecule has 0 radical (unpaired) electrons. The van der Waals surface area contributed by atoms with Gasteiger partial charge in [-0.1, -0.05) is 19.1 Å². The van der Waals surface area contributed by atoms with Crippen molar-refractivity contribution in [1.82, 2.24) is 10.2 Å². The number of piperidine rings is 1. The zero-order valence-electron chi connectivity index (χ0n) is 15.1. The maximum Gasteiger partial charge on any atom is 0.255 e. The Labute approximate surface area is 150 Å². The minimum atomic E-state index is -0.545. The number of amides is 1. The monoisotopic (exact) mass is 346 g/mol. The van der Waals surface area contributed by atoms with Crippen LogP contribution in [0.2, 0.25) is 0 Å². The number of carbonyl (C=O) groups excluding carboxylic acids is 1. The molecular formula is C20H30N2O3. The molecule has 138 valence electrons. The summed E-state index contributed by atoms with van der Waals surface area (Å²) < 4.78 is 5.79. The van der Waals surface area contributed by atoms with Crippen molar-refractivity contribution in [3.05, 3.63) is 29.8 Å². The number of hydrogen-bond acceptors (Lipinski definition) is 4. The number of likely N-dealkylation sites (tertiary alicyclic amines) is 1. The van der Waals surface area contributed by atoms with Crippen LogP contribution < -0.4 is 10.1 Å². The fourth-order valence-corrected chi connectivity index (χ4v) is 3.19. The molecule has 1 aliphatic heterocycles. The summed E-state index contributed by atoms with van der Waals surface area (Å²) in [6.45, 7) is 5.90. The maximum atomic E-state index is 12.4. The smallest absolute Gasteiger partial charge is 0.255 e. The first-order valence-corrected chi connectivity index (χ1v) is 9.52. The van der Waals surface area contributed by atoms with Crippen LogP contribution in [0, 0.1) is 11.8 Å². The third-order valence-corrected chi connectivity index (χ3v) is 5.15. The summed E-state index contributed by atoms with van der Waals surface area (Å²) in [6, 6.07) is 7.33. The SMILES string of the molecule is CC1CCN(CC(O)CNC(=O)c2ccccc2OCC2CC2)CC1. The summed E-state index contributed by atoms with van der Waals surface area (Å²) >= 11 is 0. The van der Waals surface area contributed by atoms with E-state index in [1.165, 1.54) is 25.7 Å². The van der Waals surface area contributed by atoms with Gasteiger partial charge in [-0.25, -0.2) is 0 Å². The summed E-state index contributed by atoms with van der Waals surface area (Å²) in [6.07, 6.45) is 4.26. The van der Waals surface area contributed by atoms with Gasteiger partial charge in [0.05, 0.1) is 18.3 Å². The first-order valence-electron chi connectivity index (χ1n) is 9.52. The number of β-amino-alcohol motifs (C(OH)–C–C–N with tert-alkyl or cyclic N) is 1. The van der Waals surface area contributed by atoms with Crippen LogP contribution >= 0.6 is 0 Å². The number of nitrogens with one attached hydrogen (secondary N) is 1. The first-order chi connectivity index (χ1) is 12.1. The molecule has 1 unspecified atom stereocenters. The Bertz CT molecular complexity index is 566. The molecule has 1 heterocycles. The Morgan fingerprint density at radius 3 is 2.72 bits per heavy atom. The molecule has 3 rings (SSSR count). The fourth-order valence-electron chi connectivity index (χ4n) is 3.19. The van der Waals surface area contributed by atoms with Crippen LogP contribution in [-0.2, 0) is 0 Å².